The molecule has 0 fully saturated rings. The molecule has 35 heavy (non-hydrogen) atoms. The van der Waals surface area contributed by atoms with Gasteiger partial charge in [-0.2, -0.15) is 4.98 Å². The molecule has 5 rings (SSSR count). The number of nitrogens with one attached hydrogen (secondary N) is 1. The van der Waals surface area contributed by atoms with Crippen molar-refractivity contribution in [3.63, 3.8) is 0 Å². The van der Waals surface area contributed by atoms with Gasteiger partial charge in [0.1, 0.15) is 23.6 Å². The van der Waals surface area contributed by atoms with Gasteiger partial charge in [0.05, 0.1) is 34.5 Å². The van der Waals surface area contributed by atoms with Crippen LogP contribution in [0.3, 0.4) is 0 Å². The minimum absolute atomic E-state index is 0.253. The quantitative estimate of drug-likeness (QED) is 0.279. The lowest BCUT2D eigenvalue weighted by Crippen LogP contribution is -2.08. The molecule has 0 amide bonds. The fraction of sp³-hybridized carbons (Fsp3) is 0.333. The van der Waals surface area contributed by atoms with Gasteiger partial charge in [-0.3, -0.25) is 4.98 Å². The average Bonchev–Trinajstić information content (AvgIpc) is 3.45. The van der Waals surface area contributed by atoms with E-state index in [1.807, 2.05) is 36.9 Å². The molecule has 0 atom stereocenters. The number of pyridine rings is 1. The van der Waals surface area contributed by atoms with Gasteiger partial charge < -0.3 is 14.3 Å². The summed E-state index contributed by atoms with van der Waals surface area (Å²) in [7, 11) is 0. The van der Waals surface area contributed by atoms with Crippen molar-refractivity contribution in [2.24, 2.45) is 0 Å². The van der Waals surface area contributed by atoms with Crippen LogP contribution in [0.2, 0.25) is 5.02 Å². The second-order valence-electron chi connectivity index (χ2n) is 8.41. The van der Waals surface area contributed by atoms with E-state index in [0.717, 1.165) is 39.6 Å². The van der Waals surface area contributed by atoms with Crippen LogP contribution in [0.1, 0.15) is 43.9 Å². The Labute approximate surface area is 211 Å². The molecule has 1 N–H and O–H groups in total. The van der Waals surface area contributed by atoms with Gasteiger partial charge in [-0.25, -0.2) is 19.9 Å². The zero-order valence-electron chi connectivity index (χ0n) is 19.9. The predicted molar refractivity (Wildman–Crippen MR) is 136 cm³/mol. The van der Waals surface area contributed by atoms with Crippen molar-refractivity contribution < 1.29 is 4.74 Å². The maximum atomic E-state index is 6.64. The first kappa shape index (κ1) is 23.5. The number of aromatic nitrogens is 8. The number of fused-ring (bicyclic) bond motifs is 2. The molecule has 0 bridgehead atoms. The van der Waals surface area contributed by atoms with Crippen molar-refractivity contribution in [1.29, 1.82) is 0 Å². The monoisotopic (exact) mass is 508 g/mol. The number of hydrogen-bond donors (Lipinski definition) is 1. The molecule has 0 saturated carbocycles. The summed E-state index contributed by atoms with van der Waals surface area (Å²) in [6, 6.07) is 2.00. The Morgan fingerprint density at radius 3 is 2.80 bits per heavy atom. The van der Waals surface area contributed by atoms with Crippen LogP contribution >= 0.6 is 23.4 Å². The van der Waals surface area contributed by atoms with Gasteiger partial charge >= 0.3 is 0 Å². The highest BCUT2D eigenvalue weighted by Crippen LogP contribution is 2.36. The van der Waals surface area contributed by atoms with E-state index in [1.165, 1.54) is 11.8 Å². The molecule has 5 aromatic heterocycles. The standard InChI is InChI=1S/C24H25ClN8OS/c1-5-16-19(25)18-22(30-16)31-24(32-23(18)34-9-8-33-7-6-26-12-33)35-15-10-17-21(27-11-15)20(13(2)3)29-14(4)28-17/h6-7,10-13H,5,8-9H2,1-4H3,(H,30,31,32). The van der Waals surface area contributed by atoms with E-state index in [2.05, 4.69) is 38.8 Å². The molecule has 0 saturated heterocycles. The van der Waals surface area contributed by atoms with Crippen LogP contribution in [0.15, 0.2) is 41.0 Å². The van der Waals surface area contributed by atoms with E-state index >= 15 is 0 Å². The zero-order chi connectivity index (χ0) is 24.5. The third-order valence-corrected chi connectivity index (χ3v) is 6.76. The number of aromatic amines is 1. The Morgan fingerprint density at radius 1 is 1.20 bits per heavy atom. The Kier molecular flexibility index (Phi) is 6.57. The van der Waals surface area contributed by atoms with Gasteiger partial charge in [0.2, 0.25) is 5.88 Å². The number of aryl methyl sites for hydroxylation is 2. The maximum absolute atomic E-state index is 6.64. The van der Waals surface area contributed by atoms with Crippen molar-refractivity contribution in [2.45, 2.75) is 56.6 Å². The van der Waals surface area contributed by atoms with Gasteiger partial charge in [-0.1, -0.05) is 32.4 Å². The van der Waals surface area contributed by atoms with Crippen molar-refractivity contribution in [2.75, 3.05) is 6.61 Å². The van der Waals surface area contributed by atoms with Crippen molar-refractivity contribution >= 4 is 45.4 Å². The molecular weight excluding hydrogens is 484 g/mol. The summed E-state index contributed by atoms with van der Waals surface area (Å²) >= 11 is 8.04. The van der Waals surface area contributed by atoms with Crippen LogP contribution in [0.4, 0.5) is 0 Å². The van der Waals surface area contributed by atoms with Gasteiger partial charge in [0, 0.05) is 29.2 Å². The number of rotatable bonds is 8. The third-order valence-electron chi connectivity index (χ3n) is 5.52. The maximum Gasteiger partial charge on any atom is 0.228 e. The third kappa shape index (κ3) is 4.81. The highest BCUT2D eigenvalue weighted by atomic mass is 35.5. The highest BCUT2D eigenvalue weighted by Gasteiger charge is 2.19. The summed E-state index contributed by atoms with van der Waals surface area (Å²) in [5.41, 5.74) is 4.12. The minimum Gasteiger partial charge on any atom is -0.475 e. The lowest BCUT2D eigenvalue weighted by molar-refractivity contribution is 0.288. The summed E-state index contributed by atoms with van der Waals surface area (Å²) in [4.78, 5) is 31.5. The van der Waals surface area contributed by atoms with Gasteiger partial charge in [-0.15, -0.1) is 0 Å². The van der Waals surface area contributed by atoms with E-state index in [4.69, 9.17) is 26.3 Å². The average molecular weight is 509 g/mol. The molecule has 180 valence electrons. The smallest absolute Gasteiger partial charge is 0.228 e. The molecule has 0 unspecified atom stereocenters. The van der Waals surface area contributed by atoms with Crippen LogP contribution in [-0.4, -0.2) is 46.1 Å². The van der Waals surface area contributed by atoms with E-state index < -0.39 is 0 Å². The Balaban J connectivity index is 1.49. The van der Waals surface area contributed by atoms with Crippen LogP contribution in [0, 0.1) is 6.92 Å². The highest BCUT2D eigenvalue weighted by molar-refractivity contribution is 7.99. The lowest BCUT2D eigenvalue weighted by Gasteiger charge is -2.11. The first-order valence-electron chi connectivity index (χ1n) is 11.4. The number of hydrogen-bond acceptors (Lipinski definition) is 8. The fourth-order valence-electron chi connectivity index (χ4n) is 3.83. The summed E-state index contributed by atoms with van der Waals surface area (Å²) in [5, 5.41) is 1.82. The summed E-state index contributed by atoms with van der Waals surface area (Å²) in [6.07, 6.45) is 7.94. The molecule has 0 aromatic carbocycles. The van der Waals surface area contributed by atoms with E-state index in [-0.39, 0.29) is 5.92 Å². The van der Waals surface area contributed by atoms with Gasteiger partial charge in [-0.05, 0) is 37.1 Å². The van der Waals surface area contributed by atoms with Crippen LogP contribution in [-0.2, 0) is 13.0 Å². The van der Waals surface area contributed by atoms with Crippen LogP contribution < -0.4 is 4.74 Å². The summed E-state index contributed by atoms with van der Waals surface area (Å²) < 4.78 is 8.03. The molecule has 0 aliphatic heterocycles. The molecule has 5 aromatic rings. The minimum atomic E-state index is 0.253. The SMILES string of the molecule is CCc1[nH]c2nc(Sc3cnc4c(C(C)C)nc(C)nc4c3)nc(OCCn3ccnc3)c2c1Cl. The largest absolute Gasteiger partial charge is 0.475 e. The molecule has 11 heteroatoms. The Morgan fingerprint density at radius 2 is 2.06 bits per heavy atom. The van der Waals surface area contributed by atoms with Crippen molar-refractivity contribution in [3.8, 4) is 5.88 Å². The Hall–Kier alpha value is -3.24. The van der Waals surface area contributed by atoms with E-state index in [1.54, 1.807) is 12.5 Å². The molecule has 0 aliphatic carbocycles. The molecule has 0 spiro atoms. The number of nitrogens with zero attached hydrogens (tertiary/aromatic N) is 7. The topological polar surface area (TPSA) is 107 Å². The normalized spacial score (nSPS) is 11.7. The van der Waals surface area contributed by atoms with E-state index in [0.29, 0.717) is 40.2 Å². The van der Waals surface area contributed by atoms with Gasteiger partial charge in [0.15, 0.2) is 5.16 Å². The van der Waals surface area contributed by atoms with Crippen molar-refractivity contribution in [1.82, 2.24) is 39.5 Å². The number of imidazole rings is 1. The van der Waals surface area contributed by atoms with Crippen LogP contribution in [0.25, 0.3) is 22.1 Å². The zero-order valence-corrected chi connectivity index (χ0v) is 21.5. The molecule has 0 radical (unpaired) electrons. The Bertz CT molecular complexity index is 1500. The van der Waals surface area contributed by atoms with Crippen LogP contribution in [0.5, 0.6) is 5.88 Å². The first-order chi connectivity index (χ1) is 16.9. The number of H-pyrrole nitrogens is 1. The number of ether oxygens (including phenoxy) is 1. The fourth-order valence-corrected chi connectivity index (χ4v) is 4.93. The van der Waals surface area contributed by atoms with E-state index in [9.17, 15) is 0 Å². The molecule has 5 heterocycles. The number of halogens is 1. The predicted octanol–water partition coefficient (Wildman–Crippen LogP) is 5.37. The first-order valence-corrected chi connectivity index (χ1v) is 12.6. The van der Waals surface area contributed by atoms with Gasteiger partial charge in [0.25, 0.3) is 0 Å². The molecule has 9 nitrogen and oxygen atoms in total. The summed E-state index contributed by atoms with van der Waals surface area (Å²) in [6.45, 7) is 9.21. The lowest BCUT2D eigenvalue weighted by atomic mass is 10.1. The second kappa shape index (κ2) is 9.79. The summed E-state index contributed by atoms with van der Waals surface area (Å²) in [5.74, 6) is 1.43. The van der Waals surface area contributed by atoms with Crippen molar-refractivity contribution in [3.05, 3.63) is 53.2 Å². The molecular formula is C24H25ClN8OS. The molecule has 0 aliphatic rings. The second-order valence-corrected chi connectivity index (χ2v) is 9.83.